The minimum atomic E-state index is -0.148. The molecule has 2 heteroatoms. The summed E-state index contributed by atoms with van der Waals surface area (Å²) in [6, 6.07) is 0.330. The Kier molecular flexibility index (Phi) is 6.39. The van der Waals surface area contributed by atoms with Crippen LogP contribution in [0.5, 0.6) is 0 Å². The number of nitrogens with zero attached hydrogens (tertiary/aromatic N) is 1. The van der Waals surface area contributed by atoms with Crippen LogP contribution in [-0.2, 0) is 0 Å². The Bertz CT molecular complexity index is 104. The number of aliphatic hydroxyl groups excluding tert-OH is 1. The zero-order valence-electron chi connectivity index (χ0n) is 8.88. The van der Waals surface area contributed by atoms with Gasteiger partial charge in [-0.05, 0) is 26.9 Å². The van der Waals surface area contributed by atoms with Crippen molar-refractivity contribution in [3.8, 4) is 0 Å². The summed E-state index contributed by atoms with van der Waals surface area (Å²) >= 11 is 0. The summed E-state index contributed by atoms with van der Waals surface area (Å²) in [5, 5.41) is 9.77. The monoisotopic (exact) mass is 173 g/mol. The van der Waals surface area contributed by atoms with Crippen LogP contribution in [0.3, 0.4) is 0 Å². The molecule has 0 aliphatic heterocycles. The lowest BCUT2D eigenvalue weighted by Gasteiger charge is -2.27. The van der Waals surface area contributed by atoms with Crippen LogP contribution in [0.25, 0.3) is 0 Å². The van der Waals surface area contributed by atoms with Crippen molar-refractivity contribution >= 4 is 0 Å². The maximum Gasteiger partial charge on any atom is 0.0695 e. The molecule has 0 aromatic heterocycles. The molecule has 2 atom stereocenters. The first kappa shape index (κ1) is 11.9. The summed E-state index contributed by atoms with van der Waals surface area (Å²) in [7, 11) is 4.06. The van der Waals surface area contributed by atoms with E-state index in [2.05, 4.69) is 18.7 Å². The molecule has 0 spiro atoms. The lowest BCUT2D eigenvalue weighted by atomic mass is 10.0. The predicted octanol–water partition coefficient (Wildman–Crippen LogP) is 1.88. The number of hydrogen-bond acceptors (Lipinski definition) is 2. The molecule has 0 aromatic carbocycles. The van der Waals surface area contributed by atoms with Gasteiger partial charge in [-0.1, -0.05) is 26.7 Å². The van der Waals surface area contributed by atoms with Crippen LogP contribution in [0.1, 0.15) is 39.5 Å². The van der Waals surface area contributed by atoms with Gasteiger partial charge in [-0.15, -0.1) is 0 Å². The molecule has 0 heterocycles. The minimum absolute atomic E-state index is 0.148. The molecule has 0 saturated carbocycles. The quantitative estimate of drug-likeness (QED) is 0.663. The summed E-state index contributed by atoms with van der Waals surface area (Å²) in [5.41, 5.74) is 0. The Labute approximate surface area is 76.6 Å². The van der Waals surface area contributed by atoms with E-state index in [4.69, 9.17) is 0 Å². The Morgan fingerprint density at radius 3 is 2.17 bits per heavy atom. The maximum atomic E-state index is 9.77. The fourth-order valence-corrected chi connectivity index (χ4v) is 1.59. The van der Waals surface area contributed by atoms with Gasteiger partial charge in [0.15, 0.2) is 0 Å². The van der Waals surface area contributed by atoms with E-state index in [-0.39, 0.29) is 6.10 Å². The Balaban J connectivity index is 3.77. The molecule has 0 amide bonds. The van der Waals surface area contributed by atoms with Gasteiger partial charge >= 0.3 is 0 Å². The molecule has 0 bridgehead atoms. The topological polar surface area (TPSA) is 23.5 Å². The van der Waals surface area contributed by atoms with Crippen molar-refractivity contribution in [1.29, 1.82) is 0 Å². The van der Waals surface area contributed by atoms with Gasteiger partial charge in [-0.25, -0.2) is 0 Å². The predicted molar refractivity (Wildman–Crippen MR) is 53.3 cm³/mol. The molecule has 0 fully saturated rings. The number of rotatable bonds is 6. The van der Waals surface area contributed by atoms with Gasteiger partial charge in [0.2, 0.25) is 0 Å². The van der Waals surface area contributed by atoms with E-state index in [0.29, 0.717) is 6.04 Å². The standard InChI is InChI=1S/C10H23NO/c1-5-7-8-10(12)9(6-2)11(3)4/h9-10,12H,5-8H2,1-4H3. The summed E-state index contributed by atoms with van der Waals surface area (Å²) < 4.78 is 0. The summed E-state index contributed by atoms with van der Waals surface area (Å²) in [6.45, 7) is 4.28. The summed E-state index contributed by atoms with van der Waals surface area (Å²) in [4.78, 5) is 2.11. The van der Waals surface area contributed by atoms with Gasteiger partial charge in [-0.2, -0.15) is 0 Å². The Morgan fingerprint density at radius 2 is 1.83 bits per heavy atom. The van der Waals surface area contributed by atoms with Crippen molar-refractivity contribution in [3.63, 3.8) is 0 Å². The maximum absolute atomic E-state index is 9.77. The largest absolute Gasteiger partial charge is 0.391 e. The van der Waals surface area contributed by atoms with E-state index >= 15 is 0 Å². The zero-order valence-corrected chi connectivity index (χ0v) is 8.88. The van der Waals surface area contributed by atoms with E-state index in [1.807, 2.05) is 14.1 Å². The van der Waals surface area contributed by atoms with E-state index in [1.165, 1.54) is 6.42 Å². The minimum Gasteiger partial charge on any atom is -0.391 e. The zero-order chi connectivity index (χ0) is 9.56. The highest BCUT2D eigenvalue weighted by Crippen LogP contribution is 2.11. The first-order valence-corrected chi connectivity index (χ1v) is 4.97. The molecule has 0 aliphatic rings. The third kappa shape index (κ3) is 4.07. The first-order chi connectivity index (χ1) is 5.63. The van der Waals surface area contributed by atoms with E-state index in [1.54, 1.807) is 0 Å². The number of hydrogen-bond donors (Lipinski definition) is 1. The van der Waals surface area contributed by atoms with Gasteiger partial charge in [-0.3, -0.25) is 0 Å². The number of aliphatic hydroxyl groups is 1. The lowest BCUT2D eigenvalue weighted by Crippen LogP contribution is -2.38. The van der Waals surface area contributed by atoms with Crippen molar-refractivity contribution in [2.75, 3.05) is 14.1 Å². The molecule has 0 rings (SSSR count). The highest BCUT2D eigenvalue weighted by atomic mass is 16.3. The molecule has 0 saturated heterocycles. The molecular formula is C10H23NO. The van der Waals surface area contributed by atoms with Crippen LogP contribution in [0.4, 0.5) is 0 Å². The van der Waals surface area contributed by atoms with Crippen LogP contribution >= 0.6 is 0 Å². The number of unbranched alkanes of at least 4 members (excludes halogenated alkanes) is 1. The lowest BCUT2D eigenvalue weighted by molar-refractivity contribution is 0.0653. The fraction of sp³-hybridized carbons (Fsp3) is 1.00. The normalized spacial score (nSPS) is 16.5. The summed E-state index contributed by atoms with van der Waals surface area (Å²) in [6.07, 6.45) is 4.11. The van der Waals surface area contributed by atoms with E-state index < -0.39 is 0 Å². The van der Waals surface area contributed by atoms with Gasteiger partial charge in [0.25, 0.3) is 0 Å². The second-order valence-electron chi connectivity index (χ2n) is 3.65. The highest BCUT2D eigenvalue weighted by Gasteiger charge is 2.18. The van der Waals surface area contributed by atoms with Gasteiger partial charge in [0, 0.05) is 6.04 Å². The van der Waals surface area contributed by atoms with Gasteiger partial charge in [0.1, 0.15) is 0 Å². The Morgan fingerprint density at radius 1 is 1.25 bits per heavy atom. The van der Waals surface area contributed by atoms with E-state index in [0.717, 1.165) is 19.3 Å². The van der Waals surface area contributed by atoms with Gasteiger partial charge in [0.05, 0.1) is 6.10 Å². The SMILES string of the molecule is CCCCC(O)C(CC)N(C)C. The second kappa shape index (κ2) is 6.44. The fourth-order valence-electron chi connectivity index (χ4n) is 1.59. The summed E-state index contributed by atoms with van der Waals surface area (Å²) in [5.74, 6) is 0. The molecule has 0 aromatic rings. The smallest absolute Gasteiger partial charge is 0.0695 e. The van der Waals surface area contributed by atoms with Crippen LogP contribution < -0.4 is 0 Å². The molecule has 2 unspecified atom stereocenters. The molecular weight excluding hydrogens is 150 g/mol. The second-order valence-corrected chi connectivity index (χ2v) is 3.65. The molecule has 0 radical (unpaired) electrons. The van der Waals surface area contributed by atoms with Crippen LogP contribution in [0.15, 0.2) is 0 Å². The molecule has 0 aliphatic carbocycles. The average molecular weight is 173 g/mol. The highest BCUT2D eigenvalue weighted by molar-refractivity contribution is 4.73. The van der Waals surface area contributed by atoms with Crippen LogP contribution in [0, 0.1) is 0 Å². The Hall–Kier alpha value is -0.0800. The van der Waals surface area contributed by atoms with Crippen molar-refractivity contribution in [1.82, 2.24) is 4.90 Å². The molecule has 1 N–H and O–H groups in total. The molecule has 2 nitrogen and oxygen atoms in total. The van der Waals surface area contributed by atoms with Crippen molar-refractivity contribution in [2.24, 2.45) is 0 Å². The van der Waals surface area contributed by atoms with E-state index in [9.17, 15) is 5.11 Å². The van der Waals surface area contributed by atoms with Crippen molar-refractivity contribution < 1.29 is 5.11 Å². The van der Waals surface area contributed by atoms with Crippen LogP contribution in [0.2, 0.25) is 0 Å². The number of likely N-dealkylation sites (N-methyl/N-ethyl adjacent to an activating group) is 1. The van der Waals surface area contributed by atoms with Crippen molar-refractivity contribution in [3.05, 3.63) is 0 Å². The molecule has 12 heavy (non-hydrogen) atoms. The third-order valence-electron chi connectivity index (χ3n) is 2.38. The third-order valence-corrected chi connectivity index (χ3v) is 2.38. The molecule has 74 valence electrons. The van der Waals surface area contributed by atoms with Gasteiger partial charge < -0.3 is 10.0 Å². The van der Waals surface area contributed by atoms with Crippen LogP contribution in [-0.4, -0.2) is 36.2 Å². The first-order valence-electron chi connectivity index (χ1n) is 4.97. The average Bonchev–Trinajstić information content (AvgIpc) is 2.01. The van der Waals surface area contributed by atoms with Crippen molar-refractivity contribution in [2.45, 2.75) is 51.7 Å².